The number of para-hydroxylation sites is 1. The van der Waals surface area contributed by atoms with Gasteiger partial charge < -0.3 is 9.67 Å². The minimum atomic E-state index is -0.875. The number of hydrogen-bond donors (Lipinski definition) is 1. The number of carboxylic acid groups (broad SMARTS) is 1. The van der Waals surface area contributed by atoms with Crippen LogP contribution in [0, 0.1) is 5.92 Å². The van der Waals surface area contributed by atoms with E-state index in [-0.39, 0.29) is 6.04 Å². The summed E-state index contributed by atoms with van der Waals surface area (Å²) in [7, 11) is 0. The molecule has 1 fully saturated rings. The quantitative estimate of drug-likeness (QED) is 0.895. The summed E-state index contributed by atoms with van der Waals surface area (Å²) in [5, 5.41) is 9.51. The Labute approximate surface area is 124 Å². The maximum absolute atomic E-state index is 11.6. The van der Waals surface area contributed by atoms with Crippen LogP contribution in [-0.2, 0) is 0 Å². The van der Waals surface area contributed by atoms with Crippen LogP contribution in [0.4, 0.5) is 0 Å². The molecule has 0 spiro atoms. The summed E-state index contributed by atoms with van der Waals surface area (Å²) in [4.78, 5) is 16.3. The molecule has 0 bridgehead atoms. The highest BCUT2D eigenvalue weighted by molar-refractivity contribution is 6.01. The van der Waals surface area contributed by atoms with Gasteiger partial charge in [0.1, 0.15) is 5.82 Å². The Morgan fingerprint density at radius 2 is 2.14 bits per heavy atom. The van der Waals surface area contributed by atoms with Gasteiger partial charge in [-0.3, -0.25) is 0 Å². The van der Waals surface area contributed by atoms with Crippen LogP contribution in [-0.4, -0.2) is 20.6 Å². The molecule has 2 aromatic rings. The zero-order chi connectivity index (χ0) is 15.1. The van der Waals surface area contributed by atoms with E-state index in [9.17, 15) is 9.90 Å². The molecule has 4 heteroatoms. The molecule has 1 aromatic heterocycles. The first-order valence-electron chi connectivity index (χ1n) is 7.78. The molecule has 1 aliphatic carbocycles. The van der Waals surface area contributed by atoms with Gasteiger partial charge in [-0.05, 0) is 37.8 Å². The van der Waals surface area contributed by atoms with Crippen molar-refractivity contribution in [3.8, 4) is 0 Å². The molecule has 1 heterocycles. The van der Waals surface area contributed by atoms with Crippen molar-refractivity contribution in [2.75, 3.05) is 0 Å². The lowest BCUT2D eigenvalue weighted by Crippen LogP contribution is -2.17. The highest BCUT2D eigenvalue weighted by Gasteiger charge is 2.33. The molecular weight excluding hydrogens is 264 g/mol. The molecule has 1 N–H and O–H groups in total. The van der Waals surface area contributed by atoms with E-state index in [0.717, 1.165) is 23.3 Å². The fourth-order valence-electron chi connectivity index (χ4n) is 2.98. The van der Waals surface area contributed by atoms with Crippen LogP contribution in [0.5, 0.6) is 0 Å². The minimum Gasteiger partial charge on any atom is -0.478 e. The number of aromatic carboxylic acids is 1. The summed E-state index contributed by atoms with van der Waals surface area (Å²) in [6, 6.07) is 5.65. The summed E-state index contributed by atoms with van der Waals surface area (Å²) >= 11 is 0. The van der Waals surface area contributed by atoms with Crippen LogP contribution in [0.1, 0.15) is 68.2 Å². The normalized spacial score (nSPS) is 17.9. The lowest BCUT2D eigenvalue weighted by atomic mass is 9.99. The number of aromatic nitrogens is 2. The first kappa shape index (κ1) is 14.1. The van der Waals surface area contributed by atoms with E-state index >= 15 is 0 Å². The second kappa shape index (κ2) is 5.17. The van der Waals surface area contributed by atoms with E-state index in [2.05, 4.69) is 25.3 Å². The van der Waals surface area contributed by atoms with Crippen molar-refractivity contribution in [3.05, 3.63) is 29.6 Å². The largest absolute Gasteiger partial charge is 0.478 e. The van der Waals surface area contributed by atoms with E-state index in [1.807, 2.05) is 6.07 Å². The Morgan fingerprint density at radius 1 is 1.43 bits per heavy atom. The lowest BCUT2D eigenvalue weighted by molar-refractivity contribution is 0.0698. The molecule has 1 aliphatic rings. The van der Waals surface area contributed by atoms with E-state index in [1.165, 1.54) is 12.8 Å². The summed E-state index contributed by atoms with van der Waals surface area (Å²) in [6.07, 6.45) is 3.40. The van der Waals surface area contributed by atoms with E-state index in [0.29, 0.717) is 17.4 Å². The zero-order valence-electron chi connectivity index (χ0n) is 12.8. The van der Waals surface area contributed by atoms with Crippen LogP contribution in [0.25, 0.3) is 11.0 Å². The van der Waals surface area contributed by atoms with Crippen molar-refractivity contribution in [1.29, 1.82) is 0 Å². The second-order valence-electron chi connectivity index (χ2n) is 6.22. The van der Waals surface area contributed by atoms with Crippen LogP contribution in [0.2, 0.25) is 0 Å². The van der Waals surface area contributed by atoms with Gasteiger partial charge in [0.2, 0.25) is 0 Å². The Morgan fingerprint density at radius 3 is 2.71 bits per heavy atom. The minimum absolute atomic E-state index is 0.260. The summed E-state index contributed by atoms with van der Waals surface area (Å²) in [6.45, 7) is 6.57. The maximum Gasteiger partial charge on any atom is 0.337 e. The highest BCUT2D eigenvalue weighted by atomic mass is 16.4. The molecule has 4 nitrogen and oxygen atoms in total. The fourth-order valence-corrected chi connectivity index (χ4v) is 2.98. The van der Waals surface area contributed by atoms with Crippen LogP contribution in [0.15, 0.2) is 18.2 Å². The third-order valence-electron chi connectivity index (χ3n) is 4.79. The van der Waals surface area contributed by atoms with Gasteiger partial charge >= 0.3 is 5.97 Å². The second-order valence-corrected chi connectivity index (χ2v) is 6.22. The van der Waals surface area contributed by atoms with Gasteiger partial charge in [0.05, 0.1) is 16.6 Å². The number of carbonyl (C=O) groups is 1. The lowest BCUT2D eigenvalue weighted by Gasteiger charge is -2.23. The molecule has 112 valence electrons. The predicted octanol–water partition coefficient (Wildman–Crippen LogP) is 4.22. The topological polar surface area (TPSA) is 55.1 Å². The van der Waals surface area contributed by atoms with Crippen LogP contribution in [0.3, 0.4) is 0 Å². The van der Waals surface area contributed by atoms with E-state index < -0.39 is 5.97 Å². The first-order chi connectivity index (χ1) is 10.0. The molecular formula is C17H22N2O2. The molecule has 0 aliphatic heterocycles. The molecule has 2 unspecified atom stereocenters. The smallest absolute Gasteiger partial charge is 0.337 e. The average Bonchev–Trinajstić information content (AvgIpc) is 3.25. The SMILES string of the molecule is CCC(C)C(C)n1c(C2CC2)nc2cccc(C(=O)O)c21. The predicted molar refractivity (Wildman–Crippen MR) is 82.8 cm³/mol. The Hall–Kier alpha value is -1.84. The number of rotatable bonds is 5. The van der Waals surface area contributed by atoms with Gasteiger partial charge in [-0.25, -0.2) is 9.78 Å². The zero-order valence-corrected chi connectivity index (χ0v) is 12.8. The number of nitrogens with zero attached hydrogens (tertiary/aromatic N) is 2. The number of benzene rings is 1. The molecule has 0 amide bonds. The standard InChI is InChI=1S/C17H22N2O2/c1-4-10(2)11(3)19-15-13(17(20)21)6-5-7-14(15)18-16(19)12-8-9-12/h5-7,10-12H,4,8-9H2,1-3H3,(H,20,21). The van der Waals surface area contributed by atoms with Crippen molar-refractivity contribution < 1.29 is 9.90 Å². The fraction of sp³-hybridized carbons (Fsp3) is 0.529. The number of imidazole rings is 1. The molecule has 1 saturated carbocycles. The molecule has 1 aromatic carbocycles. The molecule has 2 atom stereocenters. The van der Waals surface area contributed by atoms with Gasteiger partial charge in [0.25, 0.3) is 0 Å². The monoisotopic (exact) mass is 286 g/mol. The van der Waals surface area contributed by atoms with Gasteiger partial charge in [-0.2, -0.15) is 0 Å². The molecule has 0 saturated heterocycles. The van der Waals surface area contributed by atoms with Gasteiger partial charge in [0.15, 0.2) is 0 Å². The highest BCUT2D eigenvalue weighted by Crippen LogP contribution is 2.43. The average molecular weight is 286 g/mol. The van der Waals surface area contributed by atoms with E-state index in [4.69, 9.17) is 4.98 Å². The third-order valence-corrected chi connectivity index (χ3v) is 4.79. The summed E-state index contributed by atoms with van der Waals surface area (Å²) in [5.41, 5.74) is 1.97. The van der Waals surface area contributed by atoms with Crippen molar-refractivity contribution in [3.63, 3.8) is 0 Å². The maximum atomic E-state index is 11.6. The Bertz CT molecular complexity index is 685. The van der Waals surface area contributed by atoms with E-state index in [1.54, 1.807) is 12.1 Å². The molecule has 0 radical (unpaired) electrons. The molecule has 3 rings (SSSR count). The van der Waals surface area contributed by atoms with Crippen molar-refractivity contribution in [1.82, 2.24) is 9.55 Å². The summed E-state index contributed by atoms with van der Waals surface area (Å²) in [5.74, 6) is 1.19. The van der Waals surface area contributed by atoms with Gasteiger partial charge in [-0.1, -0.05) is 26.3 Å². The third kappa shape index (κ3) is 2.33. The molecule has 21 heavy (non-hydrogen) atoms. The van der Waals surface area contributed by atoms with Gasteiger partial charge in [-0.15, -0.1) is 0 Å². The number of fused-ring (bicyclic) bond motifs is 1. The summed E-state index contributed by atoms with van der Waals surface area (Å²) < 4.78 is 2.20. The Kier molecular flexibility index (Phi) is 3.47. The van der Waals surface area contributed by atoms with Crippen molar-refractivity contribution in [2.24, 2.45) is 5.92 Å². The van der Waals surface area contributed by atoms with Gasteiger partial charge in [0, 0.05) is 12.0 Å². The number of carboxylic acids is 1. The Balaban J connectivity index is 2.27. The van der Waals surface area contributed by atoms with Crippen LogP contribution < -0.4 is 0 Å². The first-order valence-corrected chi connectivity index (χ1v) is 7.78. The van der Waals surface area contributed by atoms with Crippen LogP contribution >= 0.6 is 0 Å². The van der Waals surface area contributed by atoms with Crippen molar-refractivity contribution >= 4 is 17.0 Å². The number of hydrogen-bond acceptors (Lipinski definition) is 2. The van der Waals surface area contributed by atoms with Crippen molar-refractivity contribution in [2.45, 2.75) is 52.0 Å².